The summed E-state index contributed by atoms with van der Waals surface area (Å²) >= 11 is 0. The molecule has 0 spiro atoms. The number of nitrogen functional groups attached to an aromatic ring is 1. The molecular weight excluding hydrogens is 294 g/mol. The summed E-state index contributed by atoms with van der Waals surface area (Å²) in [5.74, 6) is -2.33. The molecule has 2 aromatic rings. The minimum Gasteiger partial charge on any atom is -0.494 e. The highest BCUT2D eigenvalue weighted by Gasteiger charge is 2.26. The van der Waals surface area contributed by atoms with Gasteiger partial charge in [-0.1, -0.05) is 0 Å². The molecule has 6 nitrogen and oxygen atoms in total. The van der Waals surface area contributed by atoms with E-state index < -0.39 is 11.6 Å². The van der Waals surface area contributed by atoms with E-state index in [9.17, 15) is 13.6 Å². The standard InChI is InChI=1S/C14H16F2N4O2/c1-7(21)10-13(17)20(18-14(10)19(2)3)12-9(22-4)6-5-8(15)11(12)16/h5-6H,17H2,1-4H3. The molecule has 0 bridgehead atoms. The van der Waals surface area contributed by atoms with Gasteiger partial charge in [-0.05, 0) is 19.1 Å². The number of aromatic nitrogens is 2. The molecule has 0 amide bonds. The fourth-order valence-corrected chi connectivity index (χ4v) is 2.12. The van der Waals surface area contributed by atoms with Crippen LogP contribution in [0.25, 0.3) is 5.69 Å². The monoisotopic (exact) mass is 310 g/mol. The predicted molar refractivity (Wildman–Crippen MR) is 78.8 cm³/mol. The van der Waals surface area contributed by atoms with Crippen LogP contribution in [-0.4, -0.2) is 36.8 Å². The Hall–Kier alpha value is -2.64. The fourth-order valence-electron chi connectivity index (χ4n) is 2.12. The highest BCUT2D eigenvalue weighted by Crippen LogP contribution is 2.33. The molecule has 1 heterocycles. The molecule has 0 atom stereocenters. The van der Waals surface area contributed by atoms with Crippen molar-refractivity contribution in [1.82, 2.24) is 9.78 Å². The van der Waals surface area contributed by atoms with Crippen LogP contribution in [0.2, 0.25) is 0 Å². The molecule has 8 heteroatoms. The maximum absolute atomic E-state index is 14.2. The lowest BCUT2D eigenvalue weighted by molar-refractivity contribution is 0.101. The van der Waals surface area contributed by atoms with Gasteiger partial charge in [-0.3, -0.25) is 4.79 Å². The molecule has 0 aliphatic carbocycles. The van der Waals surface area contributed by atoms with Crippen LogP contribution in [0.1, 0.15) is 17.3 Å². The van der Waals surface area contributed by atoms with Crippen LogP contribution in [0.3, 0.4) is 0 Å². The molecule has 0 saturated carbocycles. The number of carbonyl (C=O) groups is 1. The van der Waals surface area contributed by atoms with Crippen LogP contribution >= 0.6 is 0 Å². The zero-order valence-corrected chi connectivity index (χ0v) is 12.6. The lowest BCUT2D eigenvalue weighted by atomic mass is 10.2. The second-order valence-electron chi connectivity index (χ2n) is 4.86. The fraction of sp³-hybridized carbons (Fsp3) is 0.286. The Bertz CT molecular complexity index is 741. The maximum atomic E-state index is 14.2. The number of anilines is 2. The van der Waals surface area contributed by atoms with Gasteiger partial charge in [0, 0.05) is 14.1 Å². The van der Waals surface area contributed by atoms with Gasteiger partial charge < -0.3 is 15.4 Å². The van der Waals surface area contributed by atoms with Gasteiger partial charge in [0.05, 0.1) is 7.11 Å². The molecule has 2 N–H and O–H groups in total. The van der Waals surface area contributed by atoms with Crippen molar-refractivity contribution in [3.63, 3.8) is 0 Å². The van der Waals surface area contributed by atoms with Crippen LogP contribution in [0.5, 0.6) is 5.75 Å². The summed E-state index contributed by atoms with van der Waals surface area (Å²) in [6.07, 6.45) is 0. The topological polar surface area (TPSA) is 73.4 Å². The Morgan fingerprint density at radius 3 is 2.45 bits per heavy atom. The highest BCUT2D eigenvalue weighted by atomic mass is 19.2. The molecule has 0 fully saturated rings. The van der Waals surface area contributed by atoms with Gasteiger partial charge in [-0.25, -0.2) is 13.5 Å². The minimum atomic E-state index is -1.16. The van der Waals surface area contributed by atoms with Gasteiger partial charge in [0.2, 0.25) is 0 Å². The van der Waals surface area contributed by atoms with Crippen molar-refractivity contribution in [3.05, 3.63) is 29.3 Å². The van der Waals surface area contributed by atoms with Crippen molar-refractivity contribution in [2.24, 2.45) is 0 Å². The molecule has 22 heavy (non-hydrogen) atoms. The minimum absolute atomic E-state index is 0.0495. The van der Waals surface area contributed by atoms with E-state index in [0.29, 0.717) is 0 Å². The number of nitrogens with zero attached hydrogens (tertiary/aromatic N) is 3. The summed E-state index contributed by atoms with van der Waals surface area (Å²) in [6, 6.07) is 2.20. The third kappa shape index (κ3) is 2.36. The predicted octanol–water partition coefficient (Wildman–Crippen LogP) is 2.01. The molecule has 0 unspecified atom stereocenters. The van der Waals surface area contributed by atoms with Crippen molar-refractivity contribution >= 4 is 17.4 Å². The zero-order chi connectivity index (χ0) is 16.6. The van der Waals surface area contributed by atoms with E-state index in [4.69, 9.17) is 10.5 Å². The van der Waals surface area contributed by atoms with Gasteiger partial charge >= 0.3 is 0 Å². The first-order valence-corrected chi connectivity index (χ1v) is 6.38. The van der Waals surface area contributed by atoms with Crippen LogP contribution in [0.15, 0.2) is 12.1 Å². The summed E-state index contributed by atoms with van der Waals surface area (Å²) in [7, 11) is 4.64. The van der Waals surface area contributed by atoms with Crippen LogP contribution < -0.4 is 15.4 Å². The van der Waals surface area contributed by atoms with Crippen molar-refractivity contribution in [1.29, 1.82) is 0 Å². The first kappa shape index (κ1) is 15.7. The molecule has 1 aromatic carbocycles. The molecule has 2 rings (SSSR count). The number of halogens is 2. The van der Waals surface area contributed by atoms with Crippen LogP contribution in [-0.2, 0) is 0 Å². The van der Waals surface area contributed by atoms with E-state index in [2.05, 4.69) is 5.10 Å². The number of benzene rings is 1. The number of ether oxygens (including phenoxy) is 1. The SMILES string of the molecule is COc1ccc(F)c(F)c1-n1nc(N(C)C)c(C(C)=O)c1N. The first-order valence-electron chi connectivity index (χ1n) is 6.38. The highest BCUT2D eigenvalue weighted by molar-refractivity contribution is 6.03. The van der Waals surface area contributed by atoms with Gasteiger partial charge in [0.1, 0.15) is 22.8 Å². The second kappa shape index (κ2) is 5.63. The second-order valence-corrected chi connectivity index (χ2v) is 4.86. The van der Waals surface area contributed by atoms with E-state index in [1.807, 2.05) is 0 Å². The molecule has 1 aromatic heterocycles. The number of Topliss-reactive ketones (excluding diaryl/α,β-unsaturated/α-hetero) is 1. The van der Waals surface area contributed by atoms with Gasteiger partial charge in [0.25, 0.3) is 0 Å². The Labute approximate surface area is 126 Å². The summed E-state index contributed by atoms with van der Waals surface area (Å²) < 4.78 is 33.8. The molecule has 0 aliphatic rings. The lowest BCUT2D eigenvalue weighted by Crippen LogP contribution is -2.13. The number of carbonyl (C=O) groups excluding carboxylic acids is 1. The van der Waals surface area contributed by atoms with Gasteiger partial charge in [-0.2, -0.15) is 0 Å². The van der Waals surface area contributed by atoms with Crippen LogP contribution in [0, 0.1) is 11.6 Å². The molecule has 118 valence electrons. The Morgan fingerprint density at radius 2 is 2.00 bits per heavy atom. The first-order chi connectivity index (χ1) is 10.3. The van der Waals surface area contributed by atoms with Gasteiger partial charge in [0.15, 0.2) is 23.2 Å². The summed E-state index contributed by atoms with van der Waals surface area (Å²) in [6.45, 7) is 1.32. The molecular formula is C14H16F2N4O2. The lowest BCUT2D eigenvalue weighted by Gasteiger charge is -2.11. The third-order valence-corrected chi connectivity index (χ3v) is 3.14. The Kier molecular flexibility index (Phi) is 4.03. The maximum Gasteiger partial charge on any atom is 0.188 e. The number of hydrogen-bond acceptors (Lipinski definition) is 5. The quantitative estimate of drug-likeness (QED) is 0.875. The zero-order valence-electron chi connectivity index (χ0n) is 12.6. The van der Waals surface area contributed by atoms with E-state index >= 15 is 0 Å². The van der Waals surface area contributed by atoms with Crippen LogP contribution in [0.4, 0.5) is 20.4 Å². The smallest absolute Gasteiger partial charge is 0.188 e. The third-order valence-electron chi connectivity index (χ3n) is 3.14. The van der Waals surface area contributed by atoms with Gasteiger partial charge in [-0.15, -0.1) is 5.10 Å². The molecule has 0 aliphatic heterocycles. The summed E-state index contributed by atoms with van der Waals surface area (Å²) in [5, 5.41) is 4.12. The number of rotatable bonds is 4. The van der Waals surface area contributed by atoms with Crippen molar-refractivity contribution in [3.8, 4) is 11.4 Å². The average Bonchev–Trinajstić information content (AvgIpc) is 2.79. The van der Waals surface area contributed by atoms with Crippen molar-refractivity contribution in [2.45, 2.75) is 6.92 Å². The molecule has 0 saturated heterocycles. The van der Waals surface area contributed by atoms with Crippen molar-refractivity contribution in [2.75, 3.05) is 31.8 Å². The summed E-state index contributed by atoms with van der Waals surface area (Å²) in [5.41, 5.74) is 5.78. The Morgan fingerprint density at radius 1 is 1.36 bits per heavy atom. The van der Waals surface area contributed by atoms with E-state index in [1.54, 1.807) is 19.0 Å². The normalized spacial score (nSPS) is 10.6. The number of ketones is 1. The number of nitrogens with two attached hydrogens (primary N) is 1. The van der Waals surface area contributed by atoms with E-state index in [-0.39, 0.29) is 34.4 Å². The Balaban J connectivity index is 2.82. The largest absolute Gasteiger partial charge is 0.494 e. The number of methoxy groups -OCH3 is 1. The van der Waals surface area contributed by atoms with Crippen molar-refractivity contribution < 1.29 is 18.3 Å². The summed E-state index contributed by atoms with van der Waals surface area (Å²) in [4.78, 5) is 13.3. The average molecular weight is 310 g/mol. The number of hydrogen-bond donors (Lipinski definition) is 1. The van der Waals surface area contributed by atoms with E-state index in [1.165, 1.54) is 20.1 Å². The molecule has 0 radical (unpaired) electrons. The van der Waals surface area contributed by atoms with E-state index in [0.717, 1.165) is 10.7 Å².